The van der Waals surface area contributed by atoms with E-state index in [1.165, 1.54) is 75.5 Å². The van der Waals surface area contributed by atoms with Gasteiger partial charge in [0.1, 0.15) is 12.1 Å². The van der Waals surface area contributed by atoms with E-state index in [9.17, 15) is 14.4 Å². The van der Waals surface area contributed by atoms with Gasteiger partial charge in [0.2, 0.25) is 17.7 Å². The minimum Gasteiger partial charge on any atom is -0.368 e. The molecule has 2 unspecified atom stereocenters. The van der Waals surface area contributed by atoms with Crippen LogP contribution in [-0.2, 0) is 14.4 Å². The molecule has 1 rings (SSSR count). The Morgan fingerprint density at radius 3 is 1.80 bits per heavy atom. The maximum Gasteiger partial charge on any atom is 0.246 e. The van der Waals surface area contributed by atoms with E-state index >= 15 is 0 Å². The molecule has 1 heterocycles. The van der Waals surface area contributed by atoms with Gasteiger partial charge in [0.15, 0.2) is 0 Å². The summed E-state index contributed by atoms with van der Waals surface area (Å²) in [5, 5.41) is 2.84. The molecule has 1 fully saturated rings. The second-order valence-electron chi connectivity index (χ2n) is 9.43. The van der Waals surface area contributed by atoms with Crippen LogP contribution in [0.4, 0.5) is 0 Å². The van der Waals surface area contributed by atoms with Crippen LogP contribution in [0.15, 0.2) is 12.7 Å². The quantitative estimate of drug-likeness (QED) is 0.174. The largest absolute Gasteiger partial charge is 0.368 e. The Bertz CT molecular complexity index is 565. The highest BCUT2D eigenvalue weighted by Gasteiger charge is 2.41. The molecule has 0 aromatic carbocycles. The summed E-state index contributed by atoms with van der Waals surface area (Å²) in [6.07, 6.45) is 19.3. The third-order valence-corrected chi connectivity index (χ3v) is 6.28. The minimum atomic E-state index is -0.643. The van der Waals surface area contributed by atoms with E-state index in [-0.39, 0.29) is 17.9 Å². The van der Waals surface area contributed by atoms with Gasteiger partial charge in [-0.3, -0.25) is 14.4 Å². The molecule has 0 spiro atoms. The molecule has 0 aromatic heterocycles. The normalized spacial score (nSPS) is 17.5. The van der Waals surface area contributed by atoms with Crippen molar-refractivity contribution in [3.05, 3.63) is 12.7 Å². The monoisotopic (exact) mass is 495 g/mol. The summed E-state index contributed by atoms with van der Waals surface area (Å²) in [5.41, 5.74) is 5.33. The summed E-state index contributed by atoms with van der Waals surface area (Å²) in [4.78, 5) is 37.6. The Morgan fingerprint density at radius 2 is 1.40 bits per heavy atom. The number of likely N-dealkylation sites (tertiary alicyclic amines) is 1. The zero-order valence-electron chi connectivity index (χ0n) is 23.9. The molecular formula is C29H57N3O3. The Hall–Kier alpha value is -1.85. The van der Waals surface area contributed by atoms with Crippen LogP contribution >= 0.6 is 0 Å². The molecule has 3 N–H and O–H groups in total. The van der Waals surface area contributed by atoms with Gasteiger partial charge >= 0.3 is 0 Å². The van der Waals surface area contributed by atoms with Gasteiger partial charge in [-0.1, -0.05) is 104 Å². The number of allylic oxidation sites excluding steroid dienone is 1. The van der Waals surface area contributed by atoms with E-state index in [1.807, 2.05) is 27.7 Å². The number of amides is 3. The van der Waals surface area contributed by atoms with Crippen LogP contribution in [0.25, 0.3) is 0 Å². The van der Waals surface area contributed by atoms with Crippen LogP contribution < -0.4 is 11.1 Å². The topological polar surface area (TPSA) is 92.5 Å². The van der Waals surface area contributed by atoms with Crippen molar-refractivity contribution in [3.63, 3.8) is 0 Å². The van der Waals surface area contributed by atoms with Crippen molar-refractivity contribution in [1.82, 2.24) is 10.2 Å². The van der Waals surface area contributed by atoms with Crippen LogP contribution in [0.1, 0.15) is 138 Å². The Labute approximate surface area is 216 Å². The third kappa shape index (κ3) is 17.3. The number of carbonyl (C=O) groups excluding carboxylic acids is 3. The number of primary amides is 1. The molecule has 0 aliphatic carbocycles. The van der Waals surface area contributed by atoms with Crippen molar-refractivity contribution in [3.8, 4) is 0 Å². The Kier molecular flexibility index (Phi) is 24.1. The minimum absolute atomic E-state index is 0.0720. The molecule has 3 atom stereocenters. The Balaban J connectivity index is 0. The molecule has 0 saturated carbocycles. The second kappa shape index (κ2) is 23.9. The maximum absolute atomic E-state index is 12.5. The fourth-order valence-electron chi connectivity index (χ4n) is 4.35. The van der Waals surface area contributed by atoms with Crippen LogP contribution in [0.5, 0.6) is 0 Å². The van der Waals surface area contributed by atoms with Gasteiger partial charge in [0.05, 0.1) is 0 Å². The molecule has 1 aliphatic rings. The molecular weight excluding hydrogens is 438 g/mol. The van der Waals surface area contributed by atoms with E-state index in [0.29, 0.717) is 12.8 Å². The highest BCUT2D eigenvalue weighted by atomic mass is 16.2. The molecule has 6 heteroatoms. The fraction of sp³-hybridized carbons (Fsp3) is 0.828. The number of carbonyl (C=O) groups is 3. The zero-order valence-corrected chi connectivity index (χ0v) is 23.9. The number of unbranched alkanes of at least 4 members (excludes halogenated alkanes) is 12. The molecule has 1 aliphatic heterocycles. The smallest absolute Gasteiger partial charge is 0.246 e. The van der Waals surface area contributed by atoms with Crippen molar-refractivity contribution in [2.75, 3.05) is 0 Å². The fourth-order valence-corrected chi connectivity index (χ4v) is 4.35. The van der Waals surface area contributed by atoms with Crippen LogP contribution in [0, 0.1) is 0 Å². The number of hydrogen-bond acceptors (Lipinski definition) is 3. The van der Waals surface area contributed by atoms with Crippen molar-refractivity contribution in [2.24, 2.45) is 5.73 Å². The van der Waals surface area contributed by atoms with Gasteiger partial charge in [-0.2, -0.15) is 0 Å². The molecule has 0 bridgehead atoms. The van der Waals surface area contributed by atoms with Crippen LogP contribution in [0.3, 0.4) is 0 Å². The SMILES string of the molecule is C=CC.CC.CCCCCCCCCCCCCCCC(=O)N[C@H]1CC(C)N(C(C)C(N)=O)C1=O. The van der Waals surface area contributed by atoms with Gasteiger partial charge in [-0.05, 0) is 33.6 Å². The average Bonchev–Trinajstić information content (AvgIpc) is 3.10. The molecule has 206 valence electrons. The number of hydrogen-bond donors (Lipinski definition) is 2. The van der Waals surface area contributed by atoms with E-state index in [0.717, 1.165) is 12.8 Å². The molecule has 0 radical (unpaired) electrons. The second-order valence-corrected chi connectivity index (χ2v) is 9.43. The predicted molar refractivity (Wildman–Crippen MR) is 149 cm³/mol. The third-order valence-electron chi connectivity index (χ3n) is 6.28. The number of nitrogens with zero attached hydrogens (tertiary/aromatic N) is 1. The predicted octanol–water partition coefficient (Wildman–Crippen LogP) is 6.67. The first kappa shape index (κ1) is 35.3. The molecule has 6 nitrogen and oxygen atoms in total. The molecule has 1 saturated heterocycles. The maximum atomic E-state index is 12.5. The van der Waals surface area contributed by atoms with Crippen molar-refractivity contribution in [1.29, 1.82) is 0 Å². The van der Waals surface area contributed by atoms with Crippen molar-refractivity contribution >= 4 is 17.7 Å². The van der Waals surface area contributed by atoms with Crippen molar-refractivity contribution in [2.45, 2.75) is 156 Å². The zero-order chi connectivity index (χ0) is 27.1. The van der Waals surface area contributed by atoms with Crippen LogP contribution in [0.2, 0.25) is 0 Å². The lowest BCUT2D eigenvalue weighted by atomic mass is 10.0. The first-order chi connectivity index (χ1) is 16.8. The van der Waals surface area contributed by atoms with Gasteiger partial charge in [0, 0.05) is 12.5 Å². The number of rotatable bonds is 17. The molecule has 3 amide bonds. The average molecular weight is 496 g/mol. The highest BCUT2D eigenvalue weighted by Crippen LogP contribution is 2.22. The van der Waals surface area contributed by atoms with Gasteiger partial charge in [-0.15, -0.1) is 6.58 Å². The first-order valence-corrected chi connectivity index (χ1v) is 14.3. The molecule has 35 heavy (non-hydrogen) atoms. The summed E-state index contributed by atoms with van der Waals surface area (Å²) in [6.45, 7) is 15.0. The van der Waals surface area contributed by atoms with Gasteiger partial charge in [0.25, 0.3) is 0 Å². The first-order valence-electron chi connectivity index (χ1n) is 14.3. The molecule has 0 aromatic rings. The lowest BCUT2D eigenvalue weighted by Gasteiger charge is -2.26. The summed E-state index contributed by atoms with van der Waals surface area (Å²) in [6, 6.07) is -1.27. The van der Waals surface area contributed by atoms with Crippen LogP contribution in [-0.4, -0.2) is 40.7 Å². The van der Waals surface area contributed by atoms with E-state index in [2.05, 4.69) is 18.8 Å². The van der Waals surface area contributed by atoms with Gasteiger partial charge < -0.3 is 16.0 Å². The van der Waals surface area contributed by atoms with Crippen molar-refractivity contribution < 1.29 is 14.4 Å². The lowest BCUT2D eigenvalue weighted by molar-refractivity contribution is -0.139. The van der Waals surface area contributed by atoms with E-state index in [1.54, 1.807) is 13.0 Å². The highest BCUT2D eigenvalue weighted by molar-refractivity contribution is 5.93. The lowest BCUT2D eigenvalue weighted by Crippen LogP contribution is -2.49. The van der Waals surface area contributed by atoms with E-state index in [4.69, 9.17) is 5.73 Å². The van der Waals surface area contributed by atoms with E-state index < -0.39 is 18.0 Å². The number of nitrogens with two attached hydrogens (primary N) is 1. The van der Waals surface area contributed by atoms with Gasteiger partial charge in [-0.25, -0.2) is 0 Å². The summed E-state index contributed by atoms with van der Waals surface area (Å²) in [7, 11) is 0. The summed E-state index contributed by atoms with van der Waals surface area (Å²) in [5.74, 6) is -0.793. The summed E-state index contributed by atoms with van der Waals surface area (Å²) < 4.78 is 0. The number of nitrogens with one attached hydrogen (secondary N) is 1. The standard InChI is InChI=1S/C24H45N3O3.C3H6.C2H6/c1-4-5-6-7-8-9-10-11-12-13-14-15-16-17-22(28)26-21-18-19(2)27(24(21)30)20(3)23(25)29;1-3-2;1-2/h19-21H,4-18H2,1-3H3,(H2,25,29)(H,26,28);3H,1H2,2H3;1-2H3/t19?,20?,21-;;/m0../s1. The summed E-state index contributed by atoms with van der Waals surface area (Å²) >= 11 is 0. The Morgan fingerprint density at radius 1 is 1.00 bits per heavy atom.